The lowest BCUT2D eigenvalue weighted by atomic mass is 9.87. The zero-order valence-corrected chi connectivity index (χ0v) is 15.7. The van der Waals surface area contributed by atoms with E-state index in [1.165, 1.54) is 0 Å². The zero-order valence-electron chi connectivity index (χ0n) is 14.2. The molecule has 0 amide bonds. The molecule has 0 spiro atoms. The highest BCUT2D eigenvalue weighted by atomic mass is 35.5. The van der Waals surface area contributed by atoms with Crippen LogP contribution in [0.4, 0.5) is 11.5 Å². The molecule has 4 nitrogen and oxygen atoms in total. The SMILES string of the molecule is CC1CC(=O)c2c(Nc3cc(Cl)cc(Cl)c3)nn(-c3ccccc3)c2C1. The van der Waals surface area contributed by atoms with Crippen LogP contribution in [0.15, 0.2) is 48.5 Å². The predicted octanol–water partition coefficient (Wildman–Crippen LogP) is 5.69. The molecule has 1 aliphatic carbocycles. The number of benzene rings is 2. The number of carbonyl (C=O) groups is 1. The quantitative estimate of drug-likeness (QED) is 0.629. The molecule has 26 heavy (non-hydrogen) atoms. The summed E-state index contributed by atoms with van der Waals surface area (Å²) in [6, 6.07) is 15.0. The van der Waals surface area contributed by atoms with Crippen LogP contribution in [0.1, 0.15) is 29.4 Å². The van der Waals surface area contributed by atoms with E-state index in [1.807, 2.05) is 35.0 Å². The van der Waals surface area contributed by atoms with E-state index < -0.39 is 0 Å². The van der Waals surface area contributed by atoms with Crippen molar-refractivity contribution in [3.05, 3.63) is 69.8 Å². The summed E-state index contributed by atoms with van der Waals surface area (Å²) in [4.78, 5) is 12.7. The molecule has 2 aromatic carbocycles. The maximum atomic E-state index is 12.7. The van der Waals surface area contributed by atoms with Gasteiger partial charge in [0.15, 0.2) is 11.6 Å². The Kier molecular flexibility index (Phi) is 4.47. The second kappa shape index (κ2) is 6.78. The van der Waals surface area contributed by atoms with E-state index in [9.17, 15) is 4.79 Å². The molecular weight excluding hydrogens is 369 g/mol. The monoisotopic (exact) mass is 385 g/mol. The summed E-state index contributed by atoms with van der Waals surface area (Å²) in [5.41, 5.74) is 3.23. The van der Waals surface area contributed by atoms with Crippen LogP contribution >= 0.6 is 23.2 Å². The molecule has 1 aromatic heterocycles. The number of nitrogens with zero attached hydrogens (tertiary/aromatic N) is 2. The van der Waals surface area contributed by atoms with Crippen LogP contribution in [-0.4, -0.2) is 15.6 Å². The van der Waals surface area contributed by atoms with Crippen LogP contribution < -0.4 is 5.32 Å². The first kappa shape index (κ1) is 17.1. The second-order valence-corrected chi connectivity index (χ2v) is 7.51. The van der Waals surface area contributed by atoms with Gasteiger partial charge >= 0.3 is 0 Å². The van der Waals surface area contributed by atoms with Gasteiger partial charge in [-0.15, -0.1) is 5.10 Å². The van der Waals surface area contributed by atoms with E-state index in [0.717, 1.165) is 17.8 Å². The van der Waals surface area contributed by atoms with Crippen molar-refractivity contribution in [1.82, 2.24) is 9.78 Å². The van der Waals surface area contributed by atoms with Crippen molar-refractivity contribution >= 4 is 40.5 Å². The summed E-state index contributed by atoms with van der Waals surface area (Å²) in [6.07, 6.45) is 1.33. The van der Waals surface area contributed by atoms with Crippen molar-refractivity contribution in [2.24, 2.45) is 5.92 Å². The van der Waals surface area contributed by atoms with Crippen molar-refractivity contribution in [3.63, 3.8) is 0 Å². The van der Waals surface area contributed by atoms with Crippen LogP contribution in [-0.2, 0) is 6.42 Å². The van der Waals surface area contributed by atoms with Gasteiger partial charge in [0, 0.05) is 22.2 Å². The Morgan fingerprint density at radius 2 is 1.77 bits per heavy atom. The molecule has 3 aromatic rings. The lowest BCUT2D eigenvalue weighted by Crippen LogP contribution is -2.19. The number of nitrogens with one attached hydrogen (secondary N) is 1. The molecular formula is C20H17Cl2N3O. The number of para-hydroxylation sites is 1. The summed E-state index contributed by atoms with van der Waals surface area (Å²) >= 11 is 12.2. The summed E-state index contributed by atoms with van der Waals surface area (Å²) < 4.78 is 1.86. The van der Waals surface area contributed by atoms with Gasteiger partial charge in [-0.05, 0) is 42.7 Å². The van der Waals surface area contributed by atoms with Gasteiger partial charge in [0.1, 0.15) is 0 Å². The van der Waals surface area contributed by atoms with Gasteiger partial charge in [0.2, 0.25) is 0 Å². The topological polar surface area (TPSA) is 46.9 Å². The Morgan fingerprint density at radius 1 is 1.08 bits per heavy atom. The standard InChI is InChI=1S/C20H17Cl2N3O/c1-12-7-17-19(18(26)8-12)20(23-15-10-13(21)9-14(22)11-15)24-25(17)16-5-3-2-4-6-16/h2-6,9-12H,7-8H2,1H3,(H,23,24). The Labute approximate surface area is 161 Å². The highest BCUT2D eigenvalue weighted by Gasteiger charge is 2.31. The van der Waals surface area contributed by atoms with E-state index in [1.54, 1.807) is 18.2 Å². The minimum absolute atomic E-state index is 0.108. The molecule has 132 valence electrons. The van der Waals surface area contributed by atoms with Gasteiger partial charge in [0.25, 0.3) is 0 Å². The number of rotatable bonds is 3. The fourth-order valence-electron chi connectivity index (χ4n) is 3.39. The number of halogens is 2. The molecule has 0 saturated heterocycles. The number of Topliss-reactive ketones (excluding diaryl/α,β-unsaturated/α-hetero) is 1. The minimum Gasteiger partial charge on any atom is -0.338 e. The average Bonchev–Trinajstić information content (AvgIpc) is 2.93. The third-order valence-electron chi connectivity index (χ3n) is 4.46. The smallest absolute Gasteiger partial charge is 0.168 e. The van der Waals surface area contributed by atoms with Crippen LogP contribution in [0.25, 0.3) is 5.69 Å². The molecule has 0 aliphatic heterocycles. The third-order valence-corrected chi connectivity index (χ3v) is 4.90. The number of fused-ring (bicyclic) bond motifs is 1. The highest BCUT2D eigenvalue weighted by molar-refractivity contribution is 6.35. The zero-order chi connectivity index (χ0) is 18.3. The summed E-state index contributed by atoms with van der Waals surface area (Å²) in [7, 11) is 0. The van der Waals surface area contributed by atoms with E-state index >= 15 is 0 Å². The van der Waals surface area contributed by atoms with Gasteiger partial charge in [-0.3, -0.25) is 4.79 Å². The minimum atomic E-state index is 0.108. The molecule has 0 radical (unpaired) electrons. The molecule has 1 N–H and O–H groups in total. The molecule has 1 aliphatic rings. The van der Waals surface area contributed by atoms with E-state index in [2.05, 4.69) is 12.2 Å². The summed E-state index contributed by atoms with van der Waals surface area (Å²) in [6.45, 7) is 2.09. The summed E-state index contributed by atoms with van der Waals surface area (Å²) in [5.74, 6) is 0.943. The van der Waals surface area contributed by atoms with Crippen molar-refractivity contribution in [2.45, 2.75) is 19.8 Å². The van der Waals surface area contributed by atoms with Crippen LogP contribution in [0.5, 0.6) is 0 Å². The summed E-state index contributed by atoms with van der Waals surface area (Å²) in [5, 5.41) is 8.98. The molecule has 1 unspecified atom stereocenters. The average molecular weight is 386 g/mol. The Bertz CT molecular complexity index is 962. The van der Waals surface area contributed by atoms with Gasteiger partial charge in [-0.2, -0.15) is 0 Å². The van der Waals surface area contributed by atoms with Gasteiger partial charge < -0.3 is 5.32 Å². The largest absolute Gasteiger partial charge is 0.338 e. The van der Waals surface area contributed by atoms with Crippen molar-refractivity contribution in [3.8, 4) is 5.69 Å². The number of carbonyl (C=O) groups excluding carboxylic acids is 1. The third kappa shape index (κ3) is 3.22. The first-order chi connectivity index (χ1) is 12.5. The fraction of sp³-hybridized carbons (Fsp3) is 0.200. The van der Waals surface area contributed by atoms with Crippen LogP contribution in [0.3, 0.4) is 0 Å². The first-order valence-electron chi connectivity index (χ1n) is 8.45. The Morgan fingerprint density at radius 3 is 2.46 bits per heavy atom. The number of anilines is 2. The molecule has 4 rings (SSSR count). The number of aromatic nitrogens is 2. The van der Waals surface area contributed by atoms with Crippen molar-refractivity contribution in [1.29, 1.82) is 0 Å². The van der Waals surface area contributed by atoms with Crippen molar-refractivity contribution < 1.29 is 4.79 Å². The fourth-order valence-corrected chi connectivity index (χ4v) is 3.91. The van der Waals surface area contributed by atoms with Gasteiger partial charge in [-0.25, -0.2) is 4.68 Å². The lowest BCUT2D eigenvalue weighted by molar-refractivity contribution is 0.0953. The predicted molar refractivity (Wildman–Crippen MR) is 105 cm³/mol. The van der Waals surface area contributed by atoms with E-state index in [-0.39, 0.29) is 5.78 Å². The van der Waals surface area contributed by atoms with Crippen LogP contribution in [0.2, 0.25) is 10.0 Å². The number of hydrogen-bond donors (Lipinski definition) is 1. The molecule has 1 heterocycles. The Hall–Kier alpha value is -2.30. The molecule has 6 heteroatoms. The first-order valence-corrected chi connectivity index (χ1v) is 9.20. The van der Waals surface area contributed by atoms with Gasteiger partial charge in [0.05, 0.1) is 16.9 Å². The van der Waals surface area contributed by atoms with E-state index in [0.29, 0.717) is 39.5 Å². The van der Waals surface area contributed by atoms with Crippen molar-refractivity contribution in [2.75, 3.05) is 5.32 Å². The van der Waals surface area contributed by atoms with Crippen LogP contribution in [0, 0.1) is 5.92 Å². The maximum Gasteiger partial charge on any atom is 0.168 e. The number of hydrogen-bond acceptors (Lipinski definition) is 3. The molecule has 0 bridgehead atoms. The molecule has 1 atom stereocenters. The maximum absolute atomic E-state index is 12.7. The molecule has 0 fully saturated rings. The normalized spacial score (nSPS) is 16.4. The molecule has 0 saturated carbocycles. The Balaban J connectivity index is 1.83. The number of ketones is 1. The van der Waals surface area contributed by atoms with E-state index in [4.69, 9.17) is 28.3 Å². The lowest BCUT2D eigenvalue weighted by Gasteiger charge is -2.19. The van der Waals surface area contributed by atoms with Gasteiger partial charge in [-0.1, -0.05) is 48.3 Å². The second-order valence-electron chi connectivity index (χ2n) is 6.64. The highest BCUT2D eigenvalue weighted by Crippen LogP contribution is 2.34.